The van der Waals surface area contributed by atoms with Crippen LogP contribution >= 0.6 is 12.6 Å². The Balaban J connectivity index is 2.56. The monoisotopic (exact) mass is 235 g/mol. The van der Waals surface area contributed by atoms with Gasteiger partial charge in [0.05, 0.1) is 0 Å². The molecular formula is C13H17NOS. The van der Waals surface area contributed by atoms with E-state index < -0.39 is 0 Å². The van der Waals surface area contributed by atoms with E-state index >= 15 is 0 Å². The van der Waals surface area contributed by atoms with Crippen LogP contribution in [0.5, 0.6) is 0 Å². The largest absolute Gasteiger partial charge is 0.342 e. The zero-order valence-electron chi connectivity index (χ0n) is 9.52. The second kappa shape index (κ2) is 6.38. The second-order valence-electron chi connectivity index (χ2n) is 3.70. The lowest BCUT2D eigenvalue weighted by atomic mass is 10.2. The molecule has 0 unspecified atom stereocenters. The highest BCUT2D eigenvalue weighted by atomic mass is 32.1. The number of carbonyl (C=O) groups excluding carboxylic acids is 1. The molecule has 0 saturated heterocycles. The van der Waals surface area contributed by atoms with Gasteiger partial charge in [0.25, 0.3) is 5.91 Å². The Labute approximate surface area is 102 Å². The summed E-state index contributed by atoms with van der Waals surface area (Å²) >= 11 is 4.18. The maximum Gasteiger partial charge on any atom is 0.253 e. The lowest BCUT2D eigenvalue weighted by Crippen LogP contribution is -2.27. The molecule has 1 amide bonds. The lowest BCUT2D eigenvalue weighted by molar-refractivity contribution is 0.0794. The lowest BCUT2D eigenvalue weighted by Gasteiger charge is -2.16. The van der Waals surface area contributed by atoms with E-state index in [1.165, 1.54) is 0 Å². The number of hydrogen-bond acceptors (Lipinski definition) is 2. The molecule has 0 aliphatic rings. The zero-order valence-corrected chi connectivity index (χ0v) is 10.4. The van der Waals surface area contributed by atoms with Gasteiger partial charge >= 0.3 is 0 Å². The van der Waals surface area contributed by atoms with Crippen molar-refractivity contribution >= 4 is 18.5 Å². The quantitative estimate of drug-likeness (QED) is 0.472. The van der Waals surface area contributed by atoms with Gasteiger partial charge in [-0.25, -0.2) is 0 Å². The minimum Gasteiger partial charge on any atom is -0.342 e. The molecule has 0 aliphatic carbocycles. The van der Waals surface area contributed by atoms with Gasteiger partial charge in [0.2, 0.25) is 0 Å². The molecule has 0 fully saturated rings. The highest BCUT2D eigenvalue weighted by molar-refractivity contribution is 7.80. The molecule has 0 atom stereocenters. The molecule has 0 saturated carbocycles. The molecule has 0 spiro atoms. The summed E-state index contributed by atoms with van der Waals surface area (Å²) in [5.41, 5.74) is 0.707. The van der Waals surface area contributed by atoms with Crippen LogP contribution < -0.4 is 0 Å². The first-order valence-corrected chi connectivity index (χ1v) is 5.75. The van der Waals surface area contributed by atoms with E-state index in [4.69, 9.17) is 0 Å². The smallest absolute Gasteiger partial charge is 0.253 e. The van der Waals surface area contributed by atoms with Crippen LogP contribution in [0.15, 0.2) is 41.8 Å². The summed E-state index contributed by atoms with van der Waals surface area (Å²) in [7, 11) is 1.82. The van der Waals surface area contributed by atoms with Crippen molar-refractivity contribution in [3.8, 4) is 0 Å². The molecule has 3 heteroatoms. The predicted molar refractivity (Wildman–Crippen MR) is 70.1 cm³/mol. The Kier molecular flexibility index (Phi) is 5.12. The van der Waals surface area contributed by atoms with Crippen molar-refractivity contribution in [2.24, 2.45) is 0 Å². The molecule has 16 heavy (non-hydrogen) atoms. The summed E-state index contributed by atoms with van der Waals surface area (Å²) < 4.78 is 0. The van der Waals surface area contributed by atoms with E-state index in [1.807, 2.05) is 25.3 Å². The standard InChI is InChI=1S/C13H17NOS/c1-3-4-5-10-14(2)13(15)11-6-8-12(16)9-7-11/h3,6-9,16H,1,4-5,10H2,2H3. The summed E-state index contributed by atoms with van der Waals surface area (Å²) in [6.07, 6.45) is 3.76. The van der Waals surface area contributed by atoms with Crippen molar-refractivity contribution in [2.75, 3.05) is 13.6 Å². The molecular weight excluding hydrogens is 218 g/mol. The van der Waals surface area contributed by atoms with Crippen LogP contribution in [0.25, 0.3) is 0 Å². The molecule has 1 aromatic rings. The van der Waals surface area contributed by atoms with Gasteiger partial charge in [0.15, 0.2) is 0 Å². The van der Waals surface area contributed by atoms with Crippen molar-refractivity contribution in [2.45, 2.75) is 17.7 Å². The number of thiol groups is 1. The summed E-state index contributed by atoms with van der Waals surface area (Å²) in [6.45, 7) is 4.42. The topological polar surface area (TPSA) is 20.3 Å². The third-order valence-electron chi connectivity index (χ3n) is 2.36. The summed E-state index contributed by atoms with van der Waals surface area (Å²) in [4.78, 5) is 14.5. The minimum atomic E-state index is 0.0531. The third-order valence-corrected chi connectivity index (χ3v) is 2.66. The first kappa shape index (κ1) is 12.8. The van der Waals surface area contributed by atoms with E-state index in [0.29, 0.717) is 5.56 Å². The van der Waals surface area contributed by atoms with Gasteiger partial charge in [-0.3, -0.25) is 4.79 Å². The number of benzene rings is 1. The van der Waals surface area contributed by atoms with Gasteiger partial charge in [0.1, 0.15) is 0 Å². The Morgan fingerprint density at radius 1 is 1.44 bits per heavy atom. The second-order valence-corrected chi connectivity index (χ2v) is 4.22. The van der Waals surface area contributed by atoms with Gasteiger partial charge < -0.3 is 4.90 Å². The number of nitrogens with zero attached hydrogens (tertiary/aromatic N) is 1. The van der Waals surface area contributed by atoms with Gasteiger partial charge in [-0.1, -0.05) is 6.08 Å². The van der Waals surface area contributed by atoms with Crippen molar-refractivity contribution in [1.82, 2.24) is 4.90 Å². The van der Waals surface area contributed by atoms with Crippen LogP contribution in [0.4, 0.5) is 0 Å². The Bertz CT molecular complexity index is 359. The van der Waals surface area contributed by atoms with Crippen LogP contribution in [0.3, 0.4) is 0 Å². The van der Waals surface area contributed by atoms with E-state index in [2.05, 4.69) is 19.2 Å². The van der Waals surface area contributed by atoms with Crippen LogP contribution in [0, 0.1) is 0 Å². The molecule has 0 radical (unpaired) electrons. The van der Waals surface area contributed by atoms with Crippen LogP contribution in [-0.4, -0.2) is 24.4 Å². The molecule has 0 heterocycles. The van der Waals surface area contributed by atoms with Crippen molar-refractivity contribution in [1.29, 1.82) is 0 Å². The number of hydrogen-bond donors (Lipinski definition) is 1. The molecule has 0 N–H and O–H groups in total. The maximum absolute atomic E-state index is 11.9. The SMILES string of the molecule is C=CCCCN(C)C(=O)c1ccc(S)cc1. The average molecular weight is 235 g/mol. The number of unbranched alkanes of at least 4 members (excludes halogenated alkanes) is 1. The molecule has 0 bridgehead atoms. The zero-order chi connectivity index (χ0) is 12.0. The first-order chi connectivity index (χ1) is 7.65. The average Bonchev–Trinajstić information content (AvgIpc) is 2.29. The van der Waals surface area contributed by atoms with Crippen LogP contribution in [0.1, 0.15) is 23.2 Å². The van der Waals surface area contributed by atoms with E-state index in [0.717, 1.165) is 24.3 Å². The molecule has 0 aromatic heterocycles. The van der Waals surface area contributed by atoms with Crippen molar-refractivity contribution in [3.63, 3.8) is 0 Å². The molecule has 0 aliphatic heterocycles. The van der Waals surface area contributed by atoms with Gasteiger partial charge in [-0.05, 0) is 37.1 Å². The summed E-state index contributed by atoms with van der Waals surface area (Å²) in [6, 6.07) is 7.26. The van der Waals surface area contributed by atoms with Crippen molar-refractivity contribution in [3.05, 3.63) is 42.5 Å². The fourth-order valence-corrected chi connectivity index (χ4v) is 1.55. The fourth-order valence-electron chi connectivity index (χ4n) is 1.40. The number of rotatable bonds is 5. The van der Waals surface area contributed by atoms with Crippen molar-refractivity contribution < 1.29 is 4.79 Å². The first-order valence-electron chi connectivity index (χ1n) is 5.30. The minimum absolute atomic E-state index is 0.0531. The molecule has 1 rings (SSSR count). The molecule has 86 valence electrons. The third kappa shape index (κ3) is 3.74. The number of amides is 1. The summed E-state index contributed by atoms with van der Waals surface area (Å²) in [5.74, 6) is 0.0531. The summed E-state index contributed by atoms with van der Waals surface area (Å²) in [5, 5.41) is 0. The Morgan fingerprint density at radius 3 is 2.62 bits per heavy atom. The van der Waals surface area contributed by atoms with Crippen LogP contribution in [0.2, 0.25) is 0 Å². The number of allylic oxidation sites excluding steroid dienone is 1. The highest BCUT2D eigenvalue weighted by Crippen LogP contribution is 2.10. The van der Waals surface area contributed by atoms with E-state index in [-0.39, 0.29) is 5.91 Å². The van der Waals surface area contributed by atoms with Crippen LogP contribution in [-0.2, 0) is 0 Å². The predicted octanol–water partition coefficient (Wildman–Crippen LogP) is 3.01. The Morgan fingerprint density at radius 2 is 2.06 bits per heavy atom. The van der Waals surface area contributed by atoms with Gasteiger partial charge in [-0.2, -0.15) is 0 Å². The fraction of sp³-hybridized carbons (Fsp3) is 0.308. The maximum atomic E-state index is 11.9. The highest BCUT2D eigenvalue weighted by Gasteiger charge is 2.10. The molecule has 2 nitrogen and oxygen atoms in total. The van der Waals surface area contributed by atoms with E-state index in [1.54, 1.807) is 17.0 Å². The molecule has 1 aromatic carbocycles. The number of carbonyl (C=O) groups is 1. The Hall–Kier alpha value is -1.22. The van der Waals surface area contributed by atoms with Gasteiger partial charge in [0, 0.05) is 24.1 Å². The van der Waals surface area contributed by atoms with Gasteiger partial charge in [-0.15, -0.1) is 19.2 Å². The normalized spacial score (nSPS) is 9.88. The van der Waals surface area contributed by atoms with E-state index in [9.17, 15) is 4.79 Å².